The van der Waals surface area contributed by atoms with Crippen molar-refractivity contribution in [1.82, 2.24) is 20.0 Å². The number of aromatic nitrogens is 4. The lowest BCUT2D eigenvalue weighted by molar-refractivity contribution is -0.116. The molecule has 1 aliphatic rings. The third kappa shape index (κ3) is 3.69. The molecule has 0 radical (unpaired) electrons. The van der Waals surface area contributed by atoms with Gasteiger partial charge in [0.25, 0.3) is 0 Å². The number of aliphatic hydroxyl groups is 1. The summed E-state index contributed by atoms with van der Waals surface area (Å²) in [5.41, 5.74) is 3.04. The lowest BCUT2D eigenvalue weighted by Gasteiger charge is -2.17. The van der Waals surface area contributed by atoms with E-state index in [4.69, 9.17) is 4.42 Å². The SMILES string of the molecule is O=C(Cn1cc(C2(O)CCCC2)nn1)Nc1nc(-c2ccc3oc4ccccc4c3c2)cs1. The van der Waals surface area contributed by atoms with Gasteiger partial charge in [0.05, 0.1) is 11.9 Å². The summed E-state index contributed by atoms with van der Waals surface area (Å²) in [6.07, 6.45) is 4.96. The van der Waals surface area contributed by atoms with Gasteiger partial charge in [0, 0.05) is 21.7 Å². The highest BCUT2D eigenvalue weighted by Crippen LogP contribution is 2.37. The summed E-state index contributed by atoms with van der Waals surface area (Å²) in [4.78, 5) is 17.1. The normalized spacial score (nSPS) is 15.4. The van der Waals surface area contributed by atoms with Crippen molar-refractivity contribution in [3.8, 4) is 11.3 Å². The second kappa shape index (κ2) is 7.79. The Kier molecular flexibility index (Phi) is 4.74. The fourth-order valence-electron chi connectivity index (χ4n) is 4.46. The Morgan fingerprint density at radius 1 is 1.15 bits per heavy atom. The summed E-state index contributed by atoms with van der Waals surface area (Å²) in [6, 6.07) is 13.9. The summed E-state index contributed by atoms with van der Waals surface area (Å²) in [6.45, 7) is 0.00492. The van der Waals surface area contributed by atoms with E-state index in [2.05, 4.69) is 26.7 Å². The number of furan rings is 1. The molecule has 5 aromatic rings. The number of hydrogen-bond donors (Lipinski definition) is 2. The molecule has 9 heteroatoms. The number of amides is 1. The van der Waals surface area contributed by atoms with Gasteiger partial charge in [0.2, 0.25) is 5.91 Å². The number of carbonyl (C=O) groups is 1. The van der Waals surface area contributed by atoms with Crippen molar-refractivity contribution in [2.75, 3.05) is 5.32 Å². The summed E-state index contributed by atoms with van der Waals surface area (Å²) >= 11 is 1.37. The van der Waals surface area contributed by atoms with Crippen LogP contribution >= 0.6 is 11.3 Å². The number of carbonyl (C=O) groups excluding carboxylic acids is 1. The molecule has 0 unspecified atom stereocenters. The van der Waals surface area contributed by atoms with Gasteiger partial charge in [-0.1, -0.05) is 36.3 Å². The fourth-order valence-corrected chi connectivity index (χ4v) is 5.20. The Bertz CT molecular complexity index is 1480. The number of anilines is 1. The number of rotatable bonds is 5. The minimum atomic E-state index is -0.916. The number of nitrogens with zero attached hydrogens (tertiary/aromatic N) is 4. The van der Waals surface area contributed by atoms with Crippen molar-refractivity contribution in [2.45, 2.75) is 37.8 Å². The monoisotopic (exact) mass is 459 g/mol. The van der Waals surface area contributed by atoms with Gasteiger partial charge in [-0.05, 0) is 37.1 Å². The molecular formula is C24H21N5O3S. The zero-order chi connectivity index (χ0) is 22.4. The molecule has 0 spiro atoms. The molecule has 6 rings (SSSR count). The van der Waals surface area contributed by atoms with Gasteiger partial charge >= 0.3 is 0 Å². The van der Waals surface area contributed by atoms with Crippen LogP contribution in [0.4, 0.5) is 5.13 Å². The zero-order valence-corrected chi connectivity index (χ0v) is 18.5. The maximum absolute atomic E-state index is 12.5. The van der Waals surface area contributed by atoms with Crippen LogP contribution in [0.25, 0.3) is 33.2 Å². The molecule has 0 saturated heterocycles. The van der Waals surface area contributed by atoms with Crippen LogP contribution in [0, 0.1) is 0 Å². The van der Waals surface area contributed by atoms with E-state index in [-0.39, 0.29) is 12.5 Å². The van der Waals surface area contributed by atoms with Crippen molar-refractivity contribution in [2.24, 2.45) is 0 Å². The first-order chi connectivity index (χ1) is 16.1. The maximum Gasteiger partial charge on any atom is 0.247 e. The van der Waals surface area contributed by atoms with Crippen LogP contribution in [-0.2, 0) is 16.9 Å². The Hall–Kier alpha value is -3.56. The molecule has 0 aliphatic heterocycles. The van der Waals surface area contributed by atoms with Gasteiger partial charge in [-0.15, -0.1) is 16.4 Å². The van der Waals surface area contributed by atoms with Crippen LogP contribution in [0.3, 0.4) is 0 Å². The Morgan fingerprint density at radius 2 is 1.97 bits per heavy atom. The first kappa shape index (κ1) is 20.1. The number of nitrogens with one attached hydrogen (secondary N) is 1. The molecule has 1 amide bonds. The Balaban J connectivity index is 1.17. The molecule has 0 atom stereocenters. The first-order valence-corrected chi connectivity index (χ1v) is 11.8. The molecule has 1 aliphatic carbocycles. The summed E-state index contributed by atoms with van der Waals surface area (Å²) in [5.74, 6) is -0.248. The molecular weight excluding hydrogens is 438 g/mol. The van der Waals surface area contributed by atoms with Crippen molar-refractivity contribution < 1.29 is 14.3 Å². The highest BCUT2D eigenvalue weighted by atomic mass is 32.1. The summed E-state index contributed by atoms with van der Waals surface area (Å²) in [5, 5.41) is 26.1. The van der Waals surface area contributed by atoms with E-state index in [9.17, 15) is 9.90 Å². The zero-order valence-electron chi connectivity index (χ0n) is 17.7. The molecule has 8 nitrogen and oxygen atoms in total. The number of fused-ring (bicyclic) bond motifs is 3. The van der Waals surface area contributed by atoms with Crippen molar-refractivity contribution >= 4 is 44.3 Å². The molecule has 33 heavy (non-hydrogen) atoms. The second-order valence-electron chi connectivity index (χ2n) is 8.44. The molecule has 2 aromatic carbocycles. The molecule has 3 heterocycles. The average Bonchev–Trinajstić information content (AvgIpc) is 3.60. The molecule has 1 fully saturated rings. The van der Waals surface area contributed by atoms with E-state index in [1.54, 1.807) is 6.20 Å². The summed E-state index contributed by atoms with van der Waals surface area (Å²) < 4.78 is 7.35. The van der Waals surface area contributed by atoms with Gasteiger partial charge in [-0.3, -0.25) is 4.79 Å². The number of hydrogen-bond acceptors (Lipinski definition) is 7. The van der Waals surface area contributed by atoms with Crippen molar-refractivity contribution in [1.29, 1.82) is 0 Å². The van der Waals surface area contributed by atoms with E-state index in [1.807, 2.05) is 41.8 Å². The van der Waals surface area contributed by atoms with Gasteiger partial charge in [0.1, 0.15) is 29.0 Å². The average molecular weight is 460 g/mol. The van der Waals surface area contributed by atoms with Crippen LogP contribution in [0.5, 0.6) is 0 Å². The molecule has 2 N–H and O–H groups in total. The topological polar surface area (TPSA) is 106 Å². The van der Waals surface area contributed by atoms with Gasteiger partial charge in [0.15, 0.2) is 5.13 Å². The smallest absolute Gasteiger partial charge is 0.247 e. The molecule has 3 aromatic heterocycles. The molecule has 1 saturated carbocycles. The number of para-hydroxylation sites is 1. The molecule has 166 valence electrons. The van der Waals surface area contributed by atoms with E-state index in [1.165, 1.54) is 16.0 Å². The van der Waals surface area contributed by atoms with E-state index >= 15 is 0 Å². The lowest BCUT2D eigenvalue weighted by Crippen LogP contribution is -2.21. The van der Waals surface area contributed by atoms with E-state index in [0.717, 1.165) is 46.0 Å². The Labute approximate surface area is 192 Å². The molecule has 0 bridgehead atoms. The van der Waals surface area contributed by atoms with Gasteiger partial charge in [-0.2, -0.15) is 0 Å². The minimum absolute atomic E-state index is 0.00492. The first-order valence-electron chi connectivity index (χ1n) is 10.9. The van der Waals surface area contributed by atoms with Crippen LogP contribution < -0.4 is 5.32 Å². The van der Waals surface area contributed by atoms with E-state index in [0.29, 0.717) is 23.7 Å². The predicted molar refractivity (Wildman–Crippen MR) is 126 cm³/mol. The standard InChI is InChI=1S/C24H21N5O3S/c30-22(13-29-12-21(27-28-29)24(31)9-3-4-10-24)26-23-25-18(14-33-23)15-7-8-20-17(11-15)16-5-1-2-6-19(16)32-20/h1-2,5-8,11-12,14,31H,3-4,9-10,13H2,(H,25,26,30). The number of benzene rings is 2. The lowest BCUT2D eigenvalue weighted by atomic mass is 9.99. The van der Waals surface area contributed by atoms with Crippen molar-refractivity contribution in [3.63, 3.8) is 0 Å². The van der Waals surface area contributed by atoms with Gasteiger partial charge < -0.3 is 14.8 Å². The maximum atomic E-state index is 12.5. The predicted octanol–water partition coefficient (Wildman–Crippen LogP) is 4.70. The highest BCUT2D eigenvalue weighted by Gasteiger charge is 2.35. The van der Waals surface area contributed by atoms with Crippen LogP contribution in [-0.4, -0.2) is 31.0 Å². The van der Waals surface area contributed by atoms with Crippen LogP contribution in [0.2, 0.25) is 0 Å². The van der Waals surface area contributed by atoms with Crippen molar-refractivity contribution in [3.05, 3.63) is 59.7 Å². The quantitative estimate of drug-likeness (QED) is 0.395. The highest BCUT2D eigenvalue weighted by molar-refractivity contribution is 7.14. The number of thiazole rings is 1. The van der Waals surface area contributed by atoms with Gasteiger partial charge in [-0.25, -0.2) is 9.67 Å². The van der Waals surface area contributed by atoms with Crippen LogP contribution in [0.15, 0.2) is 58.5 Å². The second-order valence-corrected chi connectivity index (χ2v) is 9.29. The van der Waals surface area contributed by atoms with E-state index < -0.39 is 5.60 Å². The third-order valence-corrected chi connectivity index (χ3v) is 6.93. The van der Waals surface area contributed by atoms with Crippen LogP contribution in [0.1, 0.15) is 31.4 Å². The Morgan fingerprint density at radius 3 is 2.85 bits per heavy atom. The largest absolute Gasteiger partial charge is 0.456 e. The third-order valence-electron chi connectivity index (χ3n) is 6.17. The summed E-state index contributed by atoms with van der Waals surface area (Å²) in [7, 11) is 0. The minimum Gasteiger partial charge on any atom is -0.456 e. The fraction of sp³-hybridized carbons (Fsp3) is 0.250.